The first-order valence-electron chi connectivity index (χ1n) is 13.8. The molecular formula is C30H33FN6O. The standard InChI is InChI=1S/C30H33FN6O/c1-2-32-19-11-12-36(15-19)30-34-28-25(29(35-30)37-16-20-7-8-21(17-37)33-20)10-9-24(27(28)31)26-14-22(38)13-18-5-3-4-6-23(18)26/h3-6,9-10,13-14,19-21,32-33,38H,2,7-8,11-12,15-17H2,1H3/t19?,20-,21+. The molecule has 8 heteroatoms. The zero-order valence-corrected chi connectivity index (χ0v) is 21.6. The number of nitrogens with one attached hydrogen (secondary N) is 2. The highest BCUT2D eigenvalue weighted by Crippen LogP contribution is 2.39. The van der Waals surface area contributed by atoms with Crippen molar-refractivity contribution in [3.05, 3.63) is 54.3 Å². The summed E-state index contributed by atoms with van der Waals surface area (Å²) in [6.07, 6.45) is 3.34. The van der Waals surface area contributed by atoms with E-state index in [-0.39, 0.29) is 11.6 Å². The van der Waals surface area contributed by atoms with E-state index in [9.17, 15) is 5.11 Å². The molecule has 3 aliphatic rings. The third-order valence-corrected chi connectivity index (χ3v) is 8.39. The van der Waals surface area contributed by atoms with Gasteiger partial charge in [-0.1, -0.05) is 37.3 Å². The van der Waals surface area contributed by atoms with Gasteiger partial charge in [-0.2, -0.15) is 4.98 Å². The SMILES string of the molecule is CCNC1CCN(c2nc(N3C[C@H]4CC[C@@H](C3)N4)c3ccc(-c4cc(O)cc5ccccc45)c(F)c3n2)C1. The van der Waals surface area contributed by atoms with E-state index in [0.717, 1.165) is 74.0 Å². The Bertz CT molecular complexity index is 1510. The highest BCUT2D eigenvalue weighted by molar-refractivity contribution is 6.01. The van der Waals surface area contributed by atoms with Crippen LogP contribution in [-0.4, -0.2) is 65.9 Å². The average molecular weight is 513 g/mol. The second-order valence-corrected chi connectivity index (χ2v) is 10.9. The molecule has 0 saturated carbocycles. The molecule has 1 unspecified atom stereocenters. The Labute approximate surface area is 221 Å². The van der Waals surface area contributed by atoms with Crippen molar-refractivity contribution in [3.63, 3.8) is 0 Å². The molecule has 0 radical (unpaired) electrons. The van der Waals surface area contributed by atoms with E-state index in [1.165, 1.54) is 0 Å². The number of anilines is 2. The quantitative estimate of drug-likeness (QED) is 0.365. The van der Waals surface area contributed by atoms with Crippen LogP contribution >= 0.6 is 0 Å². The summed E-state index contributed by atoms with van der Waals surface area (Å²) in [6.45, 7) is 6.42. The van der Waals surface area contributed by atoms with Crippen LogP contribution in [0.5, 0.6) is 5.75 Å². The van der Waals surface area contributed by atoms with Gasteiger partial charge in [-0.3, -0.25) is 0 Å². The molecule has 4 heterocycles. The minimum Gasteiger partial charge on any atom is -0.508 e. The first-order valence-corrected chi connectivity index (χ1v) is 13.8. The largest absolute Gasteiger partial charge is 0.508 e. The predicted molar refractivity (Wildman–Crippen MR) is 151 cm³/mol. The van der Waals surface area contributed by atoms with Gasteiger partial charge in [-0.15, -0.1) is 0 Å². The molecule has 3 aliphatic heterocycles. The number of benzene rings is 3. The van der Waals surface area contributed by atoms with E-state index >= 15 is 4.39 Å². The summed E-state index contributed by atoms with van der Waals surface area (Å²) >= 11 is 0. The van der Waals surface area contributed by atoms with Gasteiger partial charge < -0.3 is 25.5 Å². The number of aromatic nitrogens is 2. The van der Waals surface area contributed by atoms with Gasteiger partial charge in [0.15, 0.2) is 5.82 Å². The van der Waals surface area contributed by atoms with Crippen LogP contribution in [0.4, 0.5) is 16.2 Å². The average Bonchev–Trinajstić information content (AvgIpc) is 3.53. The number of likely N-dealkylation sites (N-methyl/N-ethyl adjacent to an activating group) is 1. The molecule has 0 aliphatic carbocycles. The van der Waals surface area contributed by atoms with Gasteiger partial charge in [-0.05, 0) is 60.3 Å². The molecule has 2 bridgehead atoms. The Morgan fingerprint density at radius 3 is 2.58 bits per heavy atom. The molecule has 4 aromatic rings. The Kier molecular flexibility index (Phi) is 5.82. The molecule has 3 aromatic carbocycles. The molecule has 0 spiro atoms. The second kappa shape index (κ2) is 9.36. The number of piperazine rings is 1. The second-order valence-electron chi connectivity index (χ2n) is 10.9. The van der Waals surface area contributed by atoms with E-state index < -0.39 is 0 Å². The molecule has 3 atom stereocenters. The third-order valence-electron chi connectivity index (χ3n) is 8.39. The van der Waals surface area contributed by atoms with Crippen LogP contribution in [0.15, 0.2) is 48.5 Å². The van der Waals surface area contributed by atoms with Crippen molar-refractivity contribution in [2.24, 2.45) is 0 Å². The Hall–Kier alpha value is -3.49. The summed E-state index contributed by atoms with van der Waals surface area (Å²) in [6, 6.07) is 16.2. The Balaban J connectivity index is 1.39. The molecule has 7 nitrogen and oxygen atoms in total. The highest BCUT2D eigenvalue weighted by atomic mass is 19.1. The summed E-state index contributed by atoms with van der Waals surface area (Å²) in [5.74, 6) is 1.16. The molecule has 3 fully saturated rings. The van der Waals surface area contributed by atoms with Crippen LogP contribution in [0.25, 0.3) is 32.8 Å². The fourth-order valence-corrected chi connectivity index (χ4v) is 6.61. The van der Waals surface area contributed by atoms with Gasteiger partial charge >= 0.3 is 0 Å². The van der Waals surface area contributed by atoms with Gasteiger partial charge in [0.1, 0.15) is 17.1 Å². The smallest absolute Gasteiger partial charge is 0.228 e. The summed E-state index contributed by atoms with van der Waals surface area (Å²) in [5.41, 5.74) is 1.44. The van der Waals surface area contributed by atoms with Crippen molar-refractivity contribution in [1.29, 1.82) is 0 Å². The van der Waals surface area contributed by atoms with E-state index in [4.69, 9.17) is 9.97 Å². The lowest BCUT2D eigenvalue weighted by molar-refractivity contribution is 0.464. The van der Waals surface area contributed by atoms with E-state index in [0.29, 0.717) is 40.7 Å². The minimum atomic E-state index is -0.372. The van der Waals surface area contributed by atoms with Crippen molar-refractivity contribution in [1.82, 2.24) is 20.6 Å². The number of hydrogen-bond acceptors (Lipinski definition) is 7. The number of rotatable bonds is 5. The molecule has 38 heavy (non-hydrogen) atoms. The number of phenols is 1. The number of fused-ring (bicyclic) bond motifs is 4. The monoisotopic (exact) mass is 512 g/mol. The minimum absolute atomic E-state index is 0.116. The lowest BCUT2D eigenvalue weighted by Crippen LogP contribution is -2.51. The van der Waals surface area contributed by atoms with E-state index in [2.05, 4.69) is 27.4 Å². The fourth-order valence-electron chi connectivity index (χ4n) is 6.61. The molecule has 7 rings (SSSR count). The van der Waals surface area contributed by atoms with Gasteiger partial charge in [0.25, 0.3) is 0 Å². The zero-order chi connectivity index (χ0) is 25.8. The van der Waals surface area contributed by atoms with Gasteiger partial charge in [0, 0.05) is 55.3 Å². The Morgan fingerprint density at radius 1 is 0.947 bits per heavy atom. The zero-order valence-electron chi connectivity index (χ0n) is 21.6. The number of halogens is 1. The summed E-state index contributed by atoms with van der Waals surface area (Å²) < 4.78 is 16.6. The summed E-state index contributed by atoms with van der Waals surface area (Å²) in [4.78, 5) is 14.5. The lowest BCUT2D eigenvalue weighted by Gasteiger charge is -2.34. The topological polar surface area (TPSA) is 76.5 Å². The van der Waals surface area contributed by atoms with Crippen molar-refractivity contribution >= 4 is 33.4 Å². The maximum Gasteiger partial charge on any atom is 0.228 e. The van der Waals surface area contributed by atoms with Crippen molar-refractivity contribution in [3.8, 4) is 16.9 Å². The summed E-state index contributed by atoms with van der Waals surface area (Å²) in [5, 5.41) is 20.2. The highest BCUT2D eigenvalue weighted by Gasteiger charge is 2.34. The maximum atomic E-state index is 16.6. The van der Waals surface area contributed by atoms with E-state index in [1.807, 2.05) is 36.4 Å². The fraction of sp³-hybridized carbons (Fsp3) is 0.400. The number of aromatic hydroxyl groups is 1. The number of hydrogen-bond donors (Lipinski definition) is 3. The number of nitrogens with zero attached hydrogens (tertiary/aromatic N) is 4. The first kappa shape index (κ1) is 23.6. The molecule has 0 amide bonds. The normalized spacial score (nSPS) is 23.2. The molecule has 196 valence electrons. The summed E-state index contributed by atoms with van der Waals surface area (Å²) in [7, 11) is 0. The lowest BCUT2D eigenvalue weighted by atomic mass is 9.96. The van der Waals surface area contributed by atoms with Crippen LogP contribution in [0.2, 0.25) is 0 Å². The van der Waals surface area contributed by atoms with Gasteiger partial charge in [0.2, 0.25) is 5.95 Å². The van der Waals surface area contributed by atoms with Gasteiger partial charge in [-0.25, -0.2) is 9.37 Å². The molecular weight excluding hydrogens is 479 g/mol. The van der Waals surface area contributed by atoms with Crippen LogP contribution in [0.3, 0.4) is 0 Å². The van der Waals surface area contributed by atoms with Crippen LogP contribution in [0.1, 0.15) is 26.2 Å². The van der Waals surface area contributed by atoms with E-state index in [1.54, 1.807) is 12.1 Å². The molecule has 3 saturated heterocycles. The first-order chi connectivity index (χ1) is 18.6. The van der Waals surface area contributed by atoms with Crippen LogP contribution in [0, 0.1) is 5.82 Å². The van der Waals surface area contributed by atoms with Crippen LogP contribution in [-0.2, 0) is 0 Å². The third kappa shape index (κ3) is 4.03. The van der Waals surface area contributed by atoms with Gasteiger partial charge in [0.05, 0.1) is 0 Å². The molecule has 3 N–H and O–H groups in total. The molecule has 1 aromatic heterocycles. The maximum absolute atomic E-state index is 16.6. The van der Waals surface area contributed by atoms with Crippen molar-refractivity contribution < 1.29 is 9.50 Å². The number of phenolic OH excluding ortho intramolecular Hbond substituents is 1. The van der Waals surface area contributed by atoms with Crippen molar-refractivity contribution in [2.45, 2.75) is 44.3 Å². The Morgan fingerprint density at radius 2 is 1.76 bits per heavy atom. The predicted octanol–water partition coefficient (Wildman–Crippen LogP) is 4.42. The van der Waals surface area contributed by atoms with Crippen molar-refractivity contribution in [2.75, 3.05) is 42.5 Å². The van der Waals surface area contributed by atoms with Crippen LogP contribution < -0.4 is 20.4 Å².